The number of hydrogen-bond donors (Lipinski definition) is 3. The van der Waals surface area contributed by atoms with Gasteiger partial charge in [0.2, 0.25) is 0 Å². The van der Waals surface area contributed by atoms with E-state index < -0.39 is 12.1 Å². The maximum Gasteiger partial charge on any atom is 0.337 e. The van der Waals surface area contributed by atoms with Crippen LogP contribution in [0.4, 0.5) is 0 Å². The summed E-state index contributed by atoms with van der Waals surface area (Å²) in [6.07, 6.45) is 1.27. The molecule has 6 heteroatoms. The first-order valence-corrected chi connectivity index (χ1v) is 8.06. The average molecular weight is 340 g/mol. The molecule has 0 radical (unpaired) electrons. The lowest BCUT2D eigenvalue weighted by Gasteiger charge is -2.14. The molecule has 1 atom stereocenters. The number of imidazole rings is 1. The molecule has 25 heavy (non-hydrogen) atoms. The molecule has 2 heterocycles. The largest absolute Gasteiger partial charge is 0.504 e. The van der Waals surface area contributed by atoms with E-state index in [4.69, 9.17) is 0 Å². The molecule has 0 aliphatic rings. The lowest BCUT2D eigenvalue weighted by atomic mass is 9.98. The minimum absolute atomic E-state index is 0.0192. The standard InChI is InChI=1S/C19H20N2O4/c1-11-12(2)21-10-15(19(24)25)14(17(23)18(21)20-11)8-9-16(22)13-6-4-3-5-7-13/h3-7,10,16,22-23H,8-9H2,1-2H3,(H,24,25)/t16-/m1/s1. The van der Waals surface area contributed by atoms with Crippen molar-refractivity contribution in [1.82, 2.24) is 9.38 Å². The molecule has 3 N–H and O–H groups in total. The molecule has 0 aliphatic heterocycles. The van der Waals surface area contributed by atoms with Crippen LogP contribution >= 0.6 is 0 Å². The lowest BCUT2D eigenvalue weighted by Crippen LogP contribution is -2.08. The van der Waals surface area contributed by atoms with Gasteiger partial charge in [-0.05, 0) is 32.3 Å². The number of aliphatic hydroxyl groups excluding tert-OH is 1. The van der Waals surface area contributed by atoms with Crippen molar-refractivity contribution in [2.24, 2.45) is 0 Å². The zero-order valence-electron chi connectivity index (χ0n) is 14.1. The highest BCUT2D eigenvalue weighted by atomic mass is 16.4. The number of benzene rings is 1. The second-order valence-corrected chi connectivity index (χ2v) is 6.12. The predicted octanol–water partition coefficient (Wildman–Crippen LogP) is 3.02. The number of aliphatic hydroxyl groups is 1. The first-order chi connectivity index (χ1) is 11.9. The highest BCUT2D eigenvalue weighted by Gasteiger charge is 2.21. The fourth-order valence-electron chi connectivity index (χ4n) is 2.98. The Morgan fingerprint density at radius 2 is 1.92 bits per heavy atom. The molecule has 1 aromatic carbocycles. The molecule has 0 fully saturated rings. The summed E-state index contributed by atoms with van der Waals surface area (Å²) in [6.45, 7) is 3.63. The summed E-state index contributed by atoms with van der Waals surface area (Å²) >= 11 is 0. The summed E-state index contributed by atoms with van der Waals surface area (Å²) < 4.78 is 1.59. The van der Waals surface area contributed by atoms with Crippen molar-refractivity contribution in [1.29, 1.82) is 0 Å². The van der Waals surface area contributed by atoms with E-state index in [0.29, 0.717) is 17.6 Å². The molecule has 130 valence electrons. The van der Waals surface area contributed by atoms with Crippen molar-refractivity contribution < 1.29 is 20.1 Å². The SMILES string of the molecule is Cc1nc2c(O)c(CC[C@@H](O)c3ccccc3)c(C(=O)O)cn2c1C. The van der Waals surface area contributed by atoms with Crippen molar-refractivity contribution >= 4 is 11.6 Å². The zero-order chi connectivity index (χ0) is 18.1. The molecule has 6 nitrogen and oxygen atoms in total. The van der Waals surface area contributed by atoms with Gasteiger partial charge in [0.25, 0.3) is 0 Å². The number of rotatable bonds is 5. The van der Waals surface area contributed by atoms with Crippen molar-refractivity contribution in [3.8, 4) is 5.75 Å². The molecule has 0 bridgehead atoms. The van der Waals surface area contributed by atoms with E-state index in [1.165, 1.54) is 6.20 Å². The van der Waals surface area contributed by atoms with E-state index in [0.717, 1.165) is 17.0 Å². The highest BCUT2D eigenvalue weighted by molar-refractivity contribution is 5.91. The Bertz CT molecular complexity index is 932. The Morgan fingerprint density at radius 1 is 1.24 bits per heavy atom. The lowest BCUT2D eigenvalue weighted by molar-refractivity contribution is 0.0693. The third kappa shape index (κ3) is 3.08. The number of nitrogens with zero attached hydrogens (tertiary/aromatic N) is 2. The third-order valence-electron chi connectivity index (χ3n) is 4.55. The van der Waals surface area contributed by atoms with Crippen LogP contribution in [0.2, 0.25) is 0 Å². The smallest absolute Gasteiger partial charge is 0.337 e. The van der Waals surface area contributed by atoms with Crippen LogP contribution in [0.5, 0.6) is 5.75 Å². The fraction of sp³-hybridized carbons (Fsp3) is 0.263. The second kappa shape index (κ2) is 6.57. The first kappa shape index (κ1) is 17.0. The van der Waals surface area contributed by atoms with Gasteiger partial charge in [0, 0.05) is 17.5 Å². The van der Waals surface area contributed by atoms with Crippen LogP contribution in [-0.4, -0.2) is 30.7 Å². The summed E-state index contributed by atoms with van der Waals surface area (Å²) in [6, 6.07) is 9.16. The number of aromatic nitrogens is 2. The zero-order valence-corrected chi connectivity index (χ0v) is 14.1. The number of carboxylic acid groups (broad SMARTS) is 1. The number of fused-ring (bicyclic) bond motifs is 1. The van der Waals surface area contributed by atoms with E-state index in [9.17, 15) is 20.1 Å². The van der Waals surface area contributed by atoms with Crippen LogP contribution in [0.1, 0.15) is 45.4 Å². The summed E-state index contributed by atoms with van der Waals surface area (Å²) in [7, 11) is 0. The van der Waals surface area contributed by atoms with E-state index in [1.54, 1.807) is 11.3 Å². The summed E-state index contributed by atoms with van der Waals surface area (Å²) in [5.41, 5.74) is 2.92. The summed E-state index contributed by atoms with van der Waals surface area (Å²) in [4.78, 5) is 16.0. The van der Waals surface area contributed by atoms with Crippen molar-refractivity contribution in [3.05, 3.63) is 64.6 Å². The van der Waals surface area contributed by atoms with Gasteiger partial charge < -0.3 is 19.7 Å². The molecular formula is C19H20N2O4. The van der Waals surface area contributed by atoms with Gasteiger partial charge in [-0.2, -0.15) is 0 Å². The minimum Gasteiger partial charge on any atom is -0.504 e. The number of carbonyl (C=O) groups is 1. The summed E-state index contributed by atoms with van der Waals surface area (Å²) in [5.74, 6) is -1.26. The number of hydrogen-bond acceptors (Lipinski definition) is 4. The van der Waals surface area contributed by atoms with Gasteiger partial charge in [-0.25, -0.2) is 9.78 Å². The Kier molecular flexibility index (Phi) is 4.46. The van der Waals surface area contributed by atoms with E-state index in [2.05, 4.69) is 4.98 Å². The normalized spacial score (nSPS) is 12.4. The number of aryl methyl sites for hydroxylation is 2. The molecule has 3 aromatic rings. The maximum atomic E-state index is 11.6. The van der Waals surface area contributed by atoms with Crippen molar-refractivity contribution in [2.75, 3.05) is 0 Å². The quantitative estimate of drug-likeness (QED) is 0.663. The number of carboxylic acids is 1. The van der Waals surface area contributed by atoms with Crippen LogP contribution in [0, 0.1) is 13.8 Å². The molecular weight excluding hydrogens is 320 g/mol. The Labute approximate surface area is 145 Å². The Balaban J connectivity index is 1.98. The van der Waals surface area contributed by atoms with E-state index in [1.807, 2.05) is 37.3 Å². The molecule has 0 saturated heterocycles. The fourth-order valence-corrected chi connectivity index (χ4v) is 2.98. The van der Waals surface area contributed by atoms with Crippen LogP contribution in [-0.2, 0) is 6.42 Å². The molecule has 0 spiro atoms. The van der Waals surface area contributed by atoms with E-state index in [-0.39, 0.29) is 17.7 Å². The molecule has 0 unspecified atom stereocenters. The van der Waals surface area contributed by atoms with Gasteiger partial charge in [-0.1, -0.05) is 30.3 Å². The molecule has 3 rings (SSSR count). The maximum absolute atomic E-state index is 11.6. The monoisotopic (exact) mass is 340 g/mol. The highest BCUT2D eigenvalue weighted by Crippen LogP contribution is 2.31. The number of aromatic hydroxyl groups is 1. The van der Waals surface area contributed by atoms with Crippen LogP contribution < -0.4 is 0 Å². The van der Waals surface area contributed by atoms with Crippen LogP contribution in [0.15, 0.2) is 36.5 Å². The van der Waals surface area contributed by atoms with Crippen LogP contribution in [0.25, 0.3) is 5.65 Å². The van der Waals surface area contributed by atoms with Gasteiger partial charge in [0.1, 0.15) is 0 Å². The third-order valence-corrected chi connectivity index (χ3v) is 4.55. The summed E-state index contributed by atoms with van der Waals surface area (Å²) in [5, 5.41) is 30.4. The van der Waals surface area contributed by atoms with Crippen molar-refractivity contribution in [2.45, 2.75) is 32.8 Å². The minimum atomic E-state index is -1.12. The van der Waals surface area contributed by atoms with Gasteiger partial charge in [-0.15, -0.1) is 0 Å². The second-order valence-electron chi connectivity index (χ2n) is 6.12. The molecule has 0 saturated carbocycles. The van der Waals surface area contributed by atoms with E-state index >= 15 is 0 Å². The molecule has 0 amide bonds. The van der Waals surface area contributed by atoms with Gasteiger partial charge >= 0.3 is 5.97 Å². The Morgan fingerprint density at radius 3 is 2.56 bits per heavy atom. The topological polar surface area (TPSA) is 95.1 Å². The van der Waals surface area contributed by atoms with Gasteiger partial charge in [0.05, 0.1) is 17.4 Å². The van der Waals surface area contributed by atoms with Crippen molar-refractivity contribution in [3.63, 3.8) is 0 Å². The van der Waals surface area contributed by atoms with Gasteiger partial charge in [-0.3, -0.25) is 0 Å². The predicted molar refractivity (Wildman–Crippen MR) is 93.0 cm³/mol. The molecule has 0 aliphatic carbocycles. The number of aromatic carboxylic acids is 1. The Hall–Kier alpha value is -2.86. The first-order valence-electron chi connectivity index (χ1n) is 8.06. The molecule has 2 aromatic heterocycles. The van der Waals surface area contributed by atoms with Gasteiger partial charge in [0.15, 0.2) is 11.4 Å². The average Bonchev–Trinajstić information content (AvgIpc) is 2.89. The van der Waals surface area contributed by atoms with Crippen LogP contribution in [0.3, 0.4) is 0 Å². The number of pyridine rings is 1.